The first-order chi connectivity index (χ1) is 42.3. The van der Waals surface area contributed by atoms with E-state index >= 15 is 0 Å². The molecular formula is C68H127NO18. The van der Waals surface area contributed by atoms with Gasteiger partial charge in [-0.25, -0.2) is 0 Å². The van der Waals surface area contributed by atoms with Gasteiger partial charge in [-0.15, -0.1) is 0 Å². The van der Waals surface area contributed by atoms with Crippen LogP contribution in [0.4, 0.5) is 0 Å². The van der Waals surface area contributed by atoms with Gasteiger partial charge in [0.1, 0.15) is 73.2 Å². The lowest BCUT2D eigenvalue weighted by atomic mass is 9.96. The summed E-state index contributed by atoms with van der Waals surface area (Å²) < 4.78 is 34.4. The molecule has 3 saturated heterocycles. The van der Waals surface area contributed by atoms with Gasteiger partial charge in [0.05, 0.1) is 38.6 Å². The van der Waals surface area contributed by atoms with E-state index in [0.717, 1.165) is 70.6 Å². The number of hydrogen-bond acceptors (Lipinski definition) is 18. The lowest BCUT2D eigenvalue weighted by molar-refractivity contribution is -0.379. The molecule has 17 unspecified atom stereocenters. The van der Waals surface area contributed by atoms with Crippen LogP contribution in [0.1, 0.15) is 271 Å². The van der Waals surface area contributed by atoms with Crippen LogP contribution in [0.15, 0.2) is 24.3 Å². The van der Waals surface area contributed by atoms with Crippen LogP contribution >= 0.6 is 0 Å². The van der Waals surface area contributed by atoms with Crippen LogP contribution in [0.5, 0.6) is 0 Å². The van der Waals surface area contributed by atoms with Gasteiger partial charge in [0.25, 0.3) is 0 Å². The smallest absolute Gasteiger partial charge is 0.220 e. The second-order valence-corrected chi connectivity index (χ2v) is 25.3. The summed E-state index contributed by atoms with van der Waals surface area (Å²) in [5.41, 5.74) is 0. The van der Waals surface area contributed by atoms with Crippen LogP contribution in [0.3, 0.4) is 0 Å². The van der Waals surface area contributed by atoms with Crippen LogP contribution < -0.4 is 5.32 Å². The maximum Gasteiger partial charge on any atom is 0.220 e. The number of ether oxygens (including phenoxy) is 6. The zero-order chi connectivity index (χ0) is 63.3. The number of nitrogens with one attached hydrogen (secondary N) is 1. The summed E-state index contributed by atoms with van der Waals surface area (Å²) >= 11 is 0. The van der Waals surface area contributed by atoms with Crippen molar-refractivity contribution < 1.29 is 89.4 Å². The monoisotopic (exact) mass is 1250 g/mol. The second-order valence-electron chi connectivity index (χ2n) is 25.3. The maximum absolute atomic E-state index is 13.4. The third kappa shape index (κ3) is 33.1. The molecule has 0 aromatic heterocycles. The molecule has 3 fully saturated rings. The number of unbranched alkanes of at least 4 members (excludes halogenated alkanes) is 34. The minimum atomic E-state index is -1.97. The molecule has 3 rings (SSSR count). The van der Waals surface area contributed by atoms with Gasteiger partial charge in [0, 0.05) is 6.42 Å². The number of hydrogen-bond donors (Lipinski definition) is 12. The molecule has 3 aliphatic rings. The summed E-state index contributed by atoms with van der Waals surface area (Å²) in [7, 11) is 0. The molecule has 0 bridgehead atoms. The zero-order valence-electron chi connectivity index (χ0n) is 54.0. The van der Waals surface area contributed by atoms with Crippen molar-refractivity contribution >= 4 is 5.91 Å². The van der Waals surface area contributed by atoms with Crippen molar-refractivity contribution in [3.63, 3.8) is 0 Å². The Bertz CT molecular complexity index is 1680. The Kier molecular flexibility index (Phi) is 46.4. The first-order valence-corrected chi connectivity index (χ1v) is 35.1. The quantitative estimate of drug-likeness (QED) is 0.0200. The molecule has 17 atom stereocenters. The molecule has 19 nitrogen and oxygen atoms in total. The number of amides is 1. The Labute approximate surface area is 524 Å². The van der Waals surface area contributed by atoms with Gasteiger partial charge in [0.2, 0.25) is 5.91 Å². The topological polar surface area (TPSA) is 307 Å². The first kappa shape index (κ1) is 79.5. The molecule has 19 heteroatoms. The molecule has 12 N–H and O–H groups in total. The molecule has 512 valence electrons. The highest BCUT2D eigenvalue weighted by atomic mass is 16.8. The lowest BCUT2D eigenvalue weighted by Gasteiger charge is -2.48. The third-order valence-corrected chi connectivity index (χ3v) is 17.8. The largest absolute Gasteiger partial charge is 0.394 e. The standard InChI is InChI=1S/C68H127NO18/c1-3-5-7-9-11-13-15-17-19-20-21-22-23-24-25-26-27-28-29-30-31-32-33-35-37-39-41-43-45-52(73)51(69-56(74)46-44-42-40-38-36-34-18-16-14-12-10-8-6-4-2)50-82-66-62(80)59(77)64(54(48-71)84-66)87-68-63(81)60(78)65(55(49-72)85-68)86-67-61(79)58(76)57(75)53(47-70)83-67/h10,12,16,18,51-55,57-68,70-73,75-81H,3-9,11,13-15,17,19-50H2,1-2H3,(H,69,74)/b12-10-,18-16-. The van der Waals surface area contributed by atoms with E-state index in [-0.39, 0.29) is 18.9 Å². The average molecular weight is 1250 g/mol. The highest BCUT2D eigenvalue weighted by molar-refractivity contribution is 5.76. The Morgan fingerprint density at radius 3 is 1.21 bits per heavy atom. The third-order valence-electron chi connectivity index (χ3n) is 17.8. The molecule has 0 spiro atoms. The zero-order valence-corrected chi connectivity index (χ0v) is 54.0. The molecule has 3 aliphatic heterocycles. The van der Waals surface area contributed by atoms with Gasteiger partial charge in [-0.1, -0.05) is 250 Å². The minimum Gasteiger partial charge on any atom is -0.394 e. The molecule has 0 radical (unpaired) electrons. The fourth-order valence-electron chi connectivity index (χ4n) is 12.0. The molecule has 0 aliphatic carbocycles. The molecule has 3 heterocycles. The van der Waals surface area contributed by atoms with Gasteiger partial charge >= 0.3 is 0 Å². The minimum absolute atomic E-state index is 0.251. The summed E-state index contributed by atoms with van der Waals surface area (Å²) in [5.74, 6) is -0.255. The number of aliphatic hydroxyl groups excluding tert-OH is 11. The fourth-order valence-corrected chi connectivity index (χ4v) is 12.0. The summed E-state index contributed by atoms with van der Waals surface area (Å²) in [4.78, 5) is 13.4. The van der Waals surface area contributed by atoms with E-state index in [9.17, 15) is 61.0 Å². The summed E-state index contributed by atoms with van der Waals surface area (Å²) in [6.07, 6.45) is 29.9. The van der Waals surface area contributed by atoms with Crippen LogP contribution in [0, 0.1) is 0 Å². The van der Waals surface area contributed by atoms with Crippen molar-refractivity contribution in [2.24, 2.45) is 0 Å². The van der Waals surface area contributed by atoms with Crippen LogP contribution in [-0.4, -0.2) is 193 Å². The van der Waals surface area contributed by atoms with Gasteiger partial charge in [-0.2, -0.15) is 0 Å². The number of aliphatic hydroxyl groups is 11. The van der Waals surface area contributed by atoms with Crippen molar-refractivity contribution in [3.8, 4) is 0 Å². The van der Waals surface area contributed by atoms with Gasteiger partial charge in [0.15, 0.2) is 18.9 Å². The average Bonchev–Trinajstić information content (AvgIpc) is 2.96. The van der Waals surface area contributed by atoms with Gasteiger partial charge in [-0.05, 0) is 38.5 Å². The van der Waals surface area contributed by atoms with E-state index in [1.165, 1.54) is 167 Å². The Hall–Kier alpha value is -1.73. The molecule has 87 heavy (non-hydrogen) atoms. The molecule has 0 saturated carbocycles. The number of carbonyl (C=O) groups is 1. The number of carbonyl (C=O) groups excluding carboxylic acids is 1. The van der Waals surface area contributed by atoms with E-state index in [0.29, 0.717) is 12.8 Å². The molecule has 0 aromatic carbocycles. The Morgan fingerprint density at radius 2 is 0.770 bits per heavy atom. The van der Waals surface area contributed by atoms with Crippen molar-refractivity contribution in [1.82, 2.24) is 5.32 Å². The van der Waals surface area contributed by atoms with Crippen LogP contribution in [-0.2, 0) is 33.2 Å². The van der Waals surface area contributed by atoms with Crippen LogP contribution in [0.25, 0.3) is 0 Å². The second kappa shape index (κ2) is 50.8. The van der Waals surface area contributed by atoms with E-state index in [1.807, 2.05) is 0 Å². The van der Waals surface area contributed by atoms with Gasteiger partial charge in [-0.3, -0.25) is 4.79 Å². The van der Waals surface area contributed by atoms with Crippen molar-refractivity contribution in [2.75, 3.05) is 26.4 Å². The van der Waals surface area contributed by atoms with E-state index < -0.39 is 124 Å². The first-order valence-electron chi connectivity index (χ1n) is 35.1. The summed E-state index contributed by atoms with van der Waals surface area (Å²) in [5, 5.41) is 121. The molecular weight excluding hydrogens is 1120 g/mol. The van der Waals surface area contributed by atoms with Crippen LogP contribution in [0.2, 0.25) is 0 Å². The van der Waals surface area contributed by atoms with Crippen molar-refractivity contribution in [1.29, 1.82) is 0 Å². The van der Waals surface area contributed by atoms with E-state index in [2.05, 4.69) is 43.5 Å². The Morgan fingerprint density at radius 1 is 0.414 bits per heavy atom. The van der Waals surface area contributed by atoms with E-state index in [1.54, 1.807) is 0 Å². The molecule has 1 amide bonds. The summed E-state index contributed by atoms with van der Waals surface area (Å²) in [6.45, 7) is 1.77. The molecule has 0 aromatic rings. The normalized spacial score (nSPS) is 28.7. The predicted molar refractivity (Wildman–Crippen MR) is 337 cm³/mol. The number of rotatable bonds is 54. The predicted octanol–water partition coefficient (Wildman–Crippen LogP) is 9.05. The SMILES string of the molecule is CCCC/C=C\C/C=C\CCCCCCCC(=O)NC(COC1OC(CO)C(OC2OC(CO)C(OC3OC(CO)C(O)C(O)C3O)C(O)C2O)C(O)C1O)C(O)CCCCCCCCCCCCCCCCCCCCCCCCCCCCCC. The highest BCUT2D eigenvalue weighted by Crippen LogP contribution is 2.33. The van der Waals surface area contributed by atoms with Crippen molar-refractivity contribution in [2.45, 2.75) is 375 Å². The maximum atomic E-state index is 13.4. The number of allylic oxidation sites excluding steroid dienone is 4. The van der Waals surface area contributed by atoms with Crippen molar-refractivity contribution in [3.05, 3.63) is 24.3 Å². The fraction of sp³-hybridized carbons (Fsp3) is 0.926. The highest BCUT2D eigenvalue weighted by Gasteiger charge is 2.53. The lowest BCUT2D eigenvalue weighted by Crippen LogP contribution is -2.66. The Balaban J connectivity index is 1.40. The van der Waals surface area contributed by atoms with E-state index in [4.69, 9.17) is 28.4 Å². The van der Waals surface area contributed by atoms with Gasteiger partial charge < -0.3 is 89.9 Å². The summed E-state index contributed by atoms with van der Waals surface area (Å²) in [6, 6.07) is -0.893.